The van der Waals surface area contributed by atoms with Gasteiger partial charge in [0.2, 0.25) is 11.8 Å². The van der Waals surface area contributed by atoms with Crippen LogP contribution in [0.2, 0.25) is 0 Å². The van der Waals surface area contributed by atoms with E-state index in [1.807, 2.05) is 18.2 Å². The molecule has 6 heteroatoms. The summed E-state index contributed by atoms with van der Waals surface area (Å²) < 4.78 is 5.36. The molecular formula is C17H20N2O4. The fourth-order valence-electron chi connectivity index (χ4n) is 3.07. The third-order valence-electron chi connectivity index (χ3n) is 4.35. The van der Waals surface area contributed by atoms with Crippen molar-refractivity contribution in [3.8, 4) is 5.75 Å². The molecule has 1 aromatic rings. The van der Waals surface area contributed by atoms with Gasteiger partial charge in [-0.25, -0.2) is 0 Å². The van der Waals surface area contributed by atoms with Gasteiger partial charge in [0.05, 0.1) is 20.3 Å². The van der Waals surface area contributed by atoms with Crippen LogP contribution in [0.1, 0.15) is 24.0 Å². The molecule has 2 N–H and O–H groups in total. The lowest BCUT2D eigenvalue weighted by atomic mass is 9.97. The van der Waals surface area contributed by atoms with Crippen LogP contribution in [0.15, 0.2) is 30.4 Å². The standard InChI is InChI=1S/C17H20N2O4/c1-23-15-8-11(10-20)6-7-12(15)9-19-14-5-3-2-4-13(17(19)22)18-16(14)21/h2-3,6-8,13-14,20H,4-5,9-10H2,1H3,(H,18,21)/t13-,14-/m0/s1. The molecule has 1 fully saturated rings. The van der Waals surface area contributed by atoms with Crippen molar-refractivity contribution >= 4 is 11.8 Å². The summed E-state index contributed by atoms with van der Waals surface area (Å²) in [5.74, 6) is 0.440. The lowest BCUT2D eigenvalue weighted by molar-refractivity contribution is -0.150. The van der Waals surface area contributed by atoms with E-state index in [1.54, 1.807) is 24.1 Å². The lowest BCUT2D eigenvalue weighted by Gasteiger charge is -2.39. The molecule has 0 radical (unpaired) electrons. The summed E-state index contributed by atoms with van der Waals surface area (Å²) in [6.45, 7) is 0.243. The normalized spacial score (nSPS) is 23.5. The number of hydrogen-bond acceptors (Lipinski definition) is 4. The smallest absolute Gasteiger partial charge is 0.246 e. The van der Waals surface area contributed by atoms with Gasteiger partial charge in [-0.05, 0) is 24.5 Å². The van der Waals surface area contributed by atoms with Crippen LogP contribution in [-0.2, 0) is 22.7 Å². The molecule has 0 unspecified atom stereocenters. The van der Waals surface area contributed by atoms with E-state index in [2.05, 4.69) is 5.32 Å². The third-order valence-corrected chi connectivity index (χ3v) is 4.35. The fraction of sp³-hybridized carbons (Fsp3) is 0.412. The summed E-state index contributed by atoms with van der Waals surface area (Å²) in [4.78, 5) is 26.5. The number of aliphatic hydroxyl groups is 1. The molecule has 3 aliphatic rings. The Morgan fingerprint density at radius 3 is 2.83 bits per heavy atom. The van der Waals surface area contributed by atoms with Gasteiger partial charge in [0.25, 0.3) is 0 Å². The van der Waals surface area contributed by atoms with E-state index >= 15 is 0 Å². The minimum atomic E-state index is -0.488. The Hall–Kier alpha value is -2.34. The SMILES string of the molecule is COc1cc(CO)ccc1CN1C(=O)[C@@H]2CC=CC[C@H]1C(=O)N2. The minimum absolute atomic E-state index is 0.0627. The van der Waals surface area contributed by atoms with E-state index in [1.165, 1.54) is 0 Å². The molecule has 0 aromatic heterocycles. The number of piperazine rings is 1. The maximum Gasteiger partial charge on any atom is 0.246 e. The number of benzene rings is 1. The van der Waals surface area contributed by atoms with Crippen LogP contribution in [0.25, 0.3) is 0 Å². The van der Waals surface area contributed by atoms with Gasteiger partial charge in [-0.1, -0.05) is 24.3 Å². The van der Waals surface area contributed by atoms with Crippen LogP contribution in [0.3, 0.4) is 0 Å². The second kappa shape index (κ2) is 6.42. The van der Waals surface area contributed by atoms with Crippen molar-refractivity contribution in [2.45, 2.75) is 38.1 Å². The molecule has 122 valence electrons. The zero-order valence-corrected chi connectivity index (χ0v) is 13.0. The summed E-state index contributed by atoms with van der Waals surface area (Å²) in [6, 6.07) is 4.40. The van der Waals surface area contributed by atoms with Crippen LogP contribution in [0.4, 0.5) is 0 Å². The van der Waals surface area contributed by atoms with Gasteiger partial charge in [-0.3, -0.25) is 9.59 Å². The highest BCUT2D eigenvalue weighted by Gasteiger charge is 2.40. The maximum absolute atomic E-state index is 12.6. The molecule has 2 amide bonds. The van der Waals surface area contributed by atoms with Crippen LogP contribution >= 0.6 is 0 Å². The second-order valence-corrected chi connectivity index (χ2v) is 5.79. The number of amides is 2. The Morgan fingerprint density at radius 1 is 1.30 bits per heavy atom. The maximum atomic E-state index is 12.6. The van der Waals surface area contributed by atoms with Crippen molar-refractivity contribution in [2.24, 2.45) is 0 Å². The minimum Gasteiger partial charge on any atom is -0.496 e. The molecule has 1 aromatic carbocycles. The number of carbonyl (C=O) groups excluding carboxylic acids is 2. The molecule has 0 aliphatic carbocycles. The number of fused-ring (bicyclic) bond motifs is 4. The molecule has 0 spiro atoms. The van der Waals surface area contributed by atoms with Gasteiger partial charge in [0, 0.05) is 5.56 Å². The summed E-state index contributed by atoms with van der Waals surface area (Å²) in [5.41, 5.74) is 1.56. The van der Waals surface area contributed by atoms with Gasteiger partial charge in [0.1, 0.15) is 17.8 Å². The first-order valence-corrected chi connectivity index (χ1v) is 7.66. The number of nitrogens with zero attached hydrogens (tertiary/aromatic N) is 1. The highest BCUT2D eigenvalue weighted by atomic mass is 16.5. The lowest BCUT2D eigenvalue weighted by Crippen LogP contribution is -2.63. The van der Waals surface area contributed by atoms with Gasteiger partial charge in [0.15, 0.2) is 0 Å². The largest absolute Gasteiger partial charge is 0.496 e. The Bertz CT molecular complexity index is 656. The van der Waals surface area contributed by atoms with Crippen molar-refractivity contribution in [1.82, 2.24) is 10.2 Å². The summed E-state index contributed by atoms with van der Waals surface area (Å²) in [7, 11) is 1.55. The molecule has 1 saturated heterocycles. The molecule has 2 atom stereocenters. The number of hydrogen-bond donors (Lipinski definition) is 2. The van der Waals surface area contributed by atoms with Crippen molar-refractivity contribution in [3.05, 3.63) is 41.5 Å². The van der Waals surface area contributed by atoms with Gasteiger partial charge in [-0.15, -0.1) is 0 Å². The summed E-state index contributed by atoms with van der Waals surface area (Å²) >= 11 is 0. The molecule has 6 nitrogen and oxygen atoms in total. The van der Waals surface area contributed by atoms with Gasteiger partial charge in [-0.2, -0.15) is 0 Å². The molecule has 23 heavy (non-hydrogen) atoms. The Kier molecular flexibility index (Phi) is 4.34. The molecule has 4 rings (SSSR count). The quantitative estimate of drug-likeness (QED) is 0.803. The van der Waals surface area contributed by atoms with Crippen LogP contribution in [0.5, 0.6) is 5.75 Å². The Morgan fingerprint density at radius 2 is 2.09 bits per heavy atom. The van der Waals surface area contributed by atoms with Gasteiger partial charge < -0.3 is 20.1 Å². The molecule has 3 aliphatic heterocycles. The predicted molar refractivity (Wildman–Crippen MR) is 83.6 cm³/mol. The van der Waals surface area contributed by atoms with E-state index < -0.39 is 12.1 Å². The monoisotopic (exact) mass is 316 g/mol. The van der Waals surface area contributed by atoms with Crippen molar-refractivity contribution < 1.29 is 19.4 Å². The first-order valence-electron chi connectivity index (χ1n) is 7.66. The van der Waals surface area contributed by atoms with E-state index in [9.17, 15) is 14.7 Å². The Balaban J connectivity index is 1.90. The average molecular weight is 316 g/mol. The topological polar surface area (TPSA) is 78.9 Å². The zero-order valence-electron chi connectivity index (χ0n) is 13.0. The van der Waals surface area contributed by atoms with Gasteiger partial charge >= 0.3 is 0 Å². The van der Waals surface area contributed by atoms with Crippen LogP contribution < -0.4 is 10.1 Å². The number of methoxy groups -OCH3 is 1. The second-order valence-electron chi connectivity index (χ2n) is 5.79. The van der Waals surface area contributed by atoms with E-state index in [0.29, 0.717) is 25.1 Å². The highest BCUT2D eigenvalue weighted by Crippen LogP contribution is 2.26. The number of carbonyl (C=O) groups is 2. The summed E-state index contributed by atoms with van der Waals surface area (Å²) in [5, 5.41) is 12.0. The number of nitrogens with one attached hydrogen (secondary N) is 1. The number of ether oxygens (including phenoxy) is 1. The van der Waals surface area contributed by atoms with Crippen molar-refractivity contribution in [2.75, 3.05) is 7.11 Å². The molecule has 0 saturated carbocycles. The summed E-state index contributed by atoms with van der Waals surface area (Å²) in [6.07, 6.45) is 4.95. The van der Waals surface area contributed by atoms with E-state index in [-0.39, 0.29) is 18.4 Å². The number of aliphatic hydroxyl groups excluding tert-OH is 1. The molecule has 2 bridgehead atoms. The van der Waals surface area contributed by atoms with Crippen LogP contribution in [-0.4, -0.2) is 41.0 Å². The fourth-order valence-corrected chi connectivity index (χ4v) is 3.07. The highest BCUT2D eigenvalue weighted by molar-refractivity contribution is 5.97. The van der Waals surface area contributed by atoms with Crippen molar-refractivity contribution in [1.29, 1.82) is 0 Å². The van der Waals surface area contributed by atoms with Crippen molar-refractivity contribution in [3.63, 3.8) is 0 Å². The average Bonchev–Trinajstić information content (AvgIpc) is 2.55. The molecule has 3 heterocycles. The van der Waals surface area contributed by atoms with E-state index in [4.69, 9.17) is 4.74 Å². The Labute approximate surface area is 134 Å². The first kappa shape index (κ1) is 15.6. The zero-order chi connectivity index (χ0) is 16.4. The third kappa shape index (κ3) is 2.94. The number of rotatable bonds is 4. The predicted octanol–water partition coefficient (Wildman–Crippen LogP) is 0.733. The van der Waals surface area contributed by atoms with Crippen LogP contribution in [0, 0.1) is 0 Å². The molecular weight excluding hydrogens is 296 g/mol. The first-order chi connectivity index (χ1) is 11.1. The van der Waals surface area contributed by atoms with E-state index in [0.717, 1.165) is 11.1 Å².